The summed E-state index contributed by atoms with van der Waals surface area (Å²) in [4.78, 5) is 14.7. The van der Waals surface area contributed by atoms with Crippen LogP contribution in [0, 0.1) is 17.6 Å². The van der Waals surface area contributed by atoms with E-state index in [9.17, 15) is 13.6 Å². The predicted octanol–water partition coefficient (Wildman–Crippen LogP) is 3.26. The zero-order valence-electron chi connectivity index (χ0n) is 17.2. The van der Waals surface area contributed by atoms with Gasteiger partial charge in [0.25, 0.3) is 0 Å². The number of carbonyl (C=O) groups is 1. The number of fused-ring (bicyclic) bond motifs is 1. The lowest BCUT2D eigenvalue weighted by Gasteiger charge is -2.29. The van der Waals surface area contributed by atoms with Gasteiger partial charge in [0.15, 0.2) is 11.5 Å². The molecule has 4 rings (SSSR count). The highest BCUT2D eigenvalue weighted by molar-refractivity contribution is 5.82. The van der Waals surface area contributed by atoms with Crippen LogP contribution in [-0.2, 0) is 17.8 Å². The van der Waals surface area contributed by atoms with Crippen molar-refractivity contribution in [3.05, 3.63) is 58.7 Å². The number of amides is 1. The van der Waals surface area contributed by atoms with E-state index in [-0.39, 0.29) is 23.3 Å². The van der Waals surface area contributed by atoms with Gasteiger partial charge >= 0.3 is 0 Å². The number of carbonyl (C=O) groups excluding carboxylic acids is 1. The van der Waals surface area contributed by atoms with Crippen molar-refractivity contribution in [3.8, 4) is 11.5 Å². The van der Waals surface area contributed by atoms with Crippen molar-refractivity contribution in [2.75, 3.05) is 33.9 Å². The van der Waals surface area contributed by atoms with E-state index in [1.807, 2.05) is 12.1 Å². The highest BCUT2D eigenvalue weighted by Gasteiger charge is 2.46. The van der Waals surface area contributed by atoms with Gasteiger partial charge in [-0.15, -0.1) is 0 Å². The second-order valence-electron chi connectivity index (χ2n) is 7.88. The van der Waals surface area contributed by atoms with Gasteiger partial charge in [0, 0.05) is 43.6 Å². The van der Waals surface area contributed by atoms with Crippen molar-refractivity contribution in [1.82, 2.24) is 10.2 Å². The molecule has 2 aliphatic rings. The molecular weight excluding hydrogens is 390 g/mol. The summed E-state index contributed by atoms with van der Waals surface area (Å²) in [6.07, 6.45) is 1.39. The normalized spacial score (nSPS) is 20.4. The van der Waals surface area contributed by atoms with Crippen LogP contribution in [0.25, 0.3) is 0 Å². The van der Waals surface area contributed by atoms with E-state index < -0.39 is 11.6 Å². The maximum absolute atomic E-state index is 13.9. The topological polar surface area (TPSA) is 50.8 Å². The zero-order valence-corrected chi connectivity index (χ0v) is 17.2. The smallest absolute Gasteiger partial charge is 0.223 e. The molecule has 1 N–H and O–H groups in total. The molecule has 0 aromatic heterocycles. The number of methoxy groups -OCH3 is 2. The predicted molar refractivity (Wildman–Crippen MR) is 109 cm³/mol. The number of rotatable bonds is 7. The molecule has 5 nitrogen and oxygen atoms in total. The fraction of sp³-hybridized carbons (Fsp3) is 0.435. The van der Waals surface area contributed by atoms with Crippen molar-refractivity contribution < 1.29 is 23.0 Å². The van der Waals surface area contributed by atoms with Gasteiger partial charge in [0.2, 0.25) is 5.91 Å². The van der Waals surface area contributed by atoms with Crippen LogP contribution in [0.1, 0.15) is 29.0 Å². The lowest BCUT2D eigenvalue weighted by molar-refractivity contribution is -0.122. The van der Waals surface area contributed by atoms with Crippen LogP contribution in [0.4, 0.5) is 8.78 Å². The van der Waals surface area contributed by atoms with Crippen LogP contribution in [-0.4, -0.2) is 44.7 Å². The Kier molecular flexibility index (Phi) is 5.90. The van der Waals surface area contributed by atoms with Gasteiger partial charge in [-0.05, 0) is 48.2 Å². The summed E-state index contributed by atoms with van der Waals surface area (Å²) >= 11 is 0. The fourth-order valence-electron chi connectivity index (χ4n) is 4.27. The first-order valence-corrected chi connectivity index (χ1v) is 10.2. The summed E-state index contributed by atoms with van der Waals surface area (Å²) in [5, 5.41) is 2.93. The monoisotopic (exact) mass is 416 g/mol. The first-order chi connectivity index (χ1) is 14.5. The molecule has 0 spiro atoms. The zero-order chi connectivity index (χ0) is 21.3. The van der Waals surface area contributed by atoms with Gasteiger partial charge in [0.1, 0.15) is 11.6 Å². The highest BCUT2D eigenvalue weighted by atomic mass is 19.1. The van der Waals surface area contributed by atoms with Crippen LogP contribution < -0.4 is 14.8 Å². The first-order valence-electron chi connectivity index (χ1n) is 10.2. The third-order valence-corrected chi connectivity index (χ3v) is 6.02. The number of ether oxygens (including phenoxy) is 2. The Morgan fingerprint density at radius 3 is 2.47 bits per heavy atom. The molecule has 1 heterocycles. The molecule has 0 saturated heterocycles. The van der Waals surface area contributed by atoms with Gasteiger partial charge in [-0.25, -0.2) is 8.78 Å². The summed E-state index contributed by atoms with van der Waals surface area (Å²) in [6.45, 7) is 2.89. The van der Waals surface area contributed by atoms with E-state index in [1.54, 1.807) is 14.2 Å². The van der Waals surface area contributed by atoms with Gasteiger partial charge in [-0.2, -0.15) is 0 Å². The molecule has 1 aliphatic heterocycles. The molecule has 2 aromatic carbocycles. The number of nitrogens with zero attached hydrogens (tertiary/aromatic N) is 1. The molecule has 0 bridgehead atoms. The van der Waals surface area contributed by atoms with E-state index in [1.165, 1.54) is 29.3 Å². The highest BCUT2D eigenvalue weighted by Crippen LogP contribution is 2.49. The maximum atomic E-state index is 13.9. The first kappa shape index (κ1) is 20.6. The molecule has 1 aliphatic carbocycles. The van der Waals surface area contributed by atoms with E-state index in [4.69, 9.17) is 9.47 Å². The standard InChI is InChI=1S/C23H26F2N2O3/c1-29-20-10-14-6-8-27(13-15(14)11-21(20)30-2)9-7-26-23(28)17-12-16(17)22-18(24)4-3-5-19(22)25/h3-5,10-11,16-17H,6-9,12-13H2,1-2H3,(H,26,28). The third kappa shape index (κ3) is 4.12. The molecule has 2 aromatic rings. The van der Waals surface area contributed by atoms with Crippen LogP contribution in [0.5, 0.6) is 11.5 Å². The number of halogens is 2. The van der Waals surface area contributed by atoms with E-state index in [0.717, 1.165) is 25.3 Å². The lowest BCUT2D eigenvalue weighted by atomic mass is 9.99. The van der Waals surface area contributed by atoms with Gasteiger partial charge in [-0.3, -0.25) is 9.69 Å². The number of hydrogen-bond donors (Lipinski definition) is 1. The minimum absolute atomic E-state index is 0.0367. The Hall–Kier alpha value is -2.67. The molecule has 1 amide bonds. The van der Waals surface area contributed by atoms with Gasteiger partial charge in [-0.1, -0.05) is 6.07 Å². The Labute approximate surface area is 175 Å². The van der Waals surface area contributed by atoms with E-state index >= 15 is 0 Å². The largest absolute Gasteiger partial charge is 0.493 e. The Morgan fingerprint density at radius 1 is 1.13 bits per heavy atom. The van der Waals surface area contributed by atoms with E-state index in [0.29, 0.717) is 25.3 Å². The summed E-state index contributed by atoms with van der Waals surface area (Å²) < 4.78 is 38.6. The third-order valence-electron chi connectivity index (χ3n) is 6.02. The SMILES string of the molecule is COc1cc2c(cc1OC)CN(CCNC(=O)C1CC1c1c(F)cccc1F)CC2. The summed E-state index contributed by atoms with van der Waals surface area (Å²) in [5.74, 6) is -0.547. The Bertz CT molecular complexity index is 930. The molecule has 0 radical (unpaired) electrons. The molecule has 2 unspecified atom stereocenters. The second kappa shape index (κ2) is 8.60. The van der Waals surface area contributed by atoms with Crippen molar-refractivity contribution >= 4 is 5.91 Å². The quantitative estimate of drug-likeness (QED) is 0.753. The molecule has 30 heavy (non-hydrogen) atoms. The van der Waals surface area contributed by atoms with Crippen LogP contribution in [0.3, 0.4) is 0 Å². The summed E-state index contributed by atoms with van der Waals surface area (Å²) in [5.41, 5.74) is 2.48. The van der Waals surface area contributed by atoms with Crippen molar-refractivity contribution in [2.45, 2.75) is 25.3 Å². The fourth-order valence-corrected chi connectivity index (χ4v) is 4.27. The molecule has 1 fully saturated rings. The average molecular weight is 416 g/mol. The molecule has 2 atom stereocenters. The number of benzene rings is 2. The minimum atomic E-state index is -0.575. The molecule has 7 heteroatoms. The number of hydrogen-bond acceptors (Lipinski definition) is 4. The van der Waals surface area contributed by atoms with Crippen molar-refractivity contribution in [3.63, 3.8) is 0 Å². The van der Waals surface area contributed by atoms with Crippen LogP contribution in [0.15, 0.2) is 30.3 Å². The van der Waals surface area contributed by atoms with Gasteiger partial charge < -0.3 is 14.8 Å². The maximum Gasteiger partial charge on any atom is 0.223 e. The second-order valence-corrected chi connectivity index (χ2v) is 7.88. The average Bonchev–Trinajstić information content (AvgIpc) is 3.53. The lowest BCUT2D eigenvalue weighted by Crippen LogP contribution is -2.38. The van der Waals surface area contributed by atoms with Crippen molar-refractivity contribution in [1.29, 1.82) is 0 Å². The van der Waals surface area contributed by atoms with Crippen LogP contribution in [0.2, 0.25) is 0 Å². The molecule has 160 valence electrons. The van der Waals surface area contributed by atoms with Gasteiger partial charge in [0.05, 0.1) is 14.2 Å². The summed E-state index contributed by atoms with van der Waals surface area (Å²) in [7, 11) is 3.26. The van der Waals surface area contributed by atoms with Crippen LogP contribution >= 0.6 is 0 Å². The van der Waals surface area contributed by atoms with E-state index in [2.05, 4.69) is 10.2 Å². The summed E-state index contributed by atoms with van der Waals surface area (Å²) in [6, 6.07) is 7.86. The molecule has 1 saturated carbocycles. The Balaban J connectivity index is 1.28. The molecular formula is C23H26F2N2O3. The minimum Gasteiger partial charge on any atom is -0.493 e. The van der Waals surface area contributed by atoms with Crippen molar-refractivity contribution in [2.24, 2.45) is 5.92 Å². The number of nitrogens with one attached hydrogen (secondary N) is 1. The Morgan fingerprint density at radius 2 is 1.80 bits per heavy atom.